The first kappa shape index (κ1) is 14.5. The van der Waals surface area contributed by atoms with Gasteiger partial charge in [-0.15, -0.1) is 11.3 Å². The van der Waals surface area contributed by atoms with Gasteiger partial charge in [0, 0.05) is 16.1 Å². The zero-order valence-electron chi connectivity index (χ0n) is 11.3. The predicted molar refractivity (Wildman–Crippen MR) is 81.5 cm³/mol. The second kappa shape index (κ2) is 7.02. The number of hydrogen-bond donors (Lipinski definition) is 3. The molecule has 0 bridgehead atoms. The van der Waals surface area contributed by atoms with Gasteiger partial charge in [-0.2, -0.15) is 0 Å². The van der Waals surface area contributed by atoms with E-state index in [1.54, 1.807) is 17.4 Å². The molecule has 0 saturated heterocycles. The number of nitrogens with two attached hydrogens (primary N) is 1. The molecule has 0 fully saturated rings. The molecule has 2 aromatic heterocycles. The molecule has 0 spiro atoms. The molecule has 106 valence electrons. The van der Waals surface area contributed by atoms with Crippen LogP contribution in [0.15, 0.2) is 29.6 Å². The number of carbonyl (C=O) groups excluding carboxylic acids is 1. The number of thiophene rings is 1. The second-order valence-electron chi connectivity index (χ2n) is 4.39. The Labute approximate surface area is 122 Å². The van der Waals surface area contributed by atoms with Gasteiger partial charge in [-0.3, -0.25) is 4.79 Å². The average Bonchev–Trinajstić information content (AvgIpc) is 2.98. The smallest absolute Gasteiger partial charge is 0.251 e. The quantitative estimate of drug-likeness (QED) is 0.563. The van der Waals surface area contributed by atoms with Crippen LogP contribution in [0.3, 0.4) is 0 Å². The van der Waals surface area contributed by atoms with E-state index >= 15 is 0 Å². The fraction of sp³-hybridized carbons (Fsp3) is 0.286. The molecule has 0 aliphatic rings. The second-order valence-corrected chi connectivity index (χ2v) is 5.42. The Kier molecular flexibility index (Phi) is 5.09. The number of nitrogens with one attached hydrogen (secondary N) is 2. The highest BCUT2D eigenvalue weighted by Crippen LogP contribution is 2.12. The van der Waals surface area contributed by atoms with E-state index < -0.39 is 0 Å². The number of rotatable bonds is 6. The minimum absolute atomic E-state index is 0.116. The van der Waals surface area contributed by atoms with Crippen molar-refractivity contribution < 1.29 is 4.79 Å². The topological polar surface area (TPSA) is 80.0 Å². The van der Waals surface area contributed by atoms with Crippen molar-refractivity contribution in [2.75, 3.05) is 5.43 Å². The van der Waals surface area contributed by atoms with Crippen LogP contribution in [0.5, 0.6) is 0 Å². The fourth-order valence-corrected chi connectivity index (χ4v) is 2.50. The molecular formula is C14H18N4OS. The van der Waals surface area contributed by atoms with E-state index in [-0.39, 0.29) is 5.91 Å². The van der Waals surface area contributed by atoms with Crippen LogP contribution in [0, 0.1) is 0 Å². The number of aryl methyl sites for hydroxylation is 1. The third-order valence-corrected chi connectivity index (χ3v) is 3.67. The summed E-state index contributed by atoms with van der Waals surface area (Å²) in [5.74, 6) is 5.79. The van der Waals surface area contributed by atoms with Gasteiger partial charge in [0.15, 0.2) is 0 Å². The Balaban J connectivity index is 2.09. The standard InChI is InChI=1S/C14H18N4OS/c1-2-4-11-7-10(8-13(17-11)18-15)14(19)16-9-12-5-3-6-20-12/h3,5-8H,2,4,9,15H2,1H3,(H,16,19)(H,17,18). The van der Waals surface area contributed by atoms with Gasteiger partial charge in [0.1, 0.15) is 5.82 Å². The lowest BCUT2D eigenvalue weighted by Gasteiger charge is -2.08. The minimum atomic E-state index is -0.116. The van der Waals surface area contributed by atoms with Crippen molar-refractivity contribution in [1.29, 1.82) is 0 Å². The summed E-state index contributed by atoms with van der Waals surface area (Å²) in [7, 11) is 0. The lowest BCUT2D eigenvalue weighted by molar-refractivity contribution is 0.0951. The number of hydrazine groups is 1. The Morgan fingerprint density at radius 1 is 1.45 bits per heavy atom. The summed E-state index contributed by atoms with van der Waals surface area (Å²) in [4.78, 5) is 17.6. The average molecular weight is 290 g/mol. The summed E-state index contributed by atoms with van der Waals surface area (Å²) in [6.07, 6.45) is 1.79. The number of pyridine rings is 1. The van der Waals surface area contributed by atoms with Crippen LogP contribution in [-0.2, 0) is 13.0 Å². The lowest BCUT2D eigenvalue weighted by Crippen LogP contribution is -2.23. The third-order valence-electron chi connectivity index (χ3n) is 2.80. The van der Waals surface area contributed by atoms with Gasteiger partial charge >= 0.3 is 0 Å². The van der Waals surface area contributed by atoms with E-state index in [1.807, 2.05) is 23.6 Å². The molecular weight excluding hydrogens is 272 g/mol. The van der Waals surface area contributed by atoms with Gasteiger partial charge in [-0.1, -0.05) is 19.4 Å². The highest BCUT2D eigenvalue weighted by atomic mass is 32.1. The Morgan fingerprint density at radius 3 is 2.95 bits per heavy atom. The van der Waals surface area contributed by atoms with Crippen molar-refractivity contribution in [3.8, 4) is 0 Å². The molecule has 0 aromatic carbocycles. The maximum Gasteiger partial charge on any atom is 0.251 e. The number of aromatic nitrogens is 1. The first-order valence-electron chi connectivity index (χ1n) is 6.51. The molecule has 0 atom stereocenters. The number of hydrogen-bond acceptors (Lipinski definition) is 5. The highest BCUT2D eigenvalue weighted by Gasteiger charge is 2.09. The van der Waals surface area contributed by atoms with Gasteiger partial charge < -0.3 is 10.7 Å². The largest absolute Gasteiger partial charge is 0.347 e. The van der Waals surface area contributed by atoms with Crippen LogP contribution >= 0.6 is 11.3 Å². The monoisotopic (exact) mass is 290 g/mol. The summed E-state index contributed by atoms with van der Waals surface area (Å²) in [5, 5.41) is 4.89. The Morgan fingerprint density at radius 2 is 2.30 bits per heavy atom. The molecule has 0 aliphatic carbocycles. The molecule has 0 aliphatic heterocycles. The Bertz CT molecular complexity index is 569. The summed E-state index contributed by atoms with van der Waals surface area (Å²) in [6, 6.07) is 7.43. The van der Waals surface area contributed by atoms with Crippen molar-refractivity contribution in [3.63, 3.8) is 0 Å². The van der Waals surface area contributed by atoms with Gasteiger partial charge in [0.2, 0.25) is 0 Å². The summed E-state index contributed by atoms with van der Waals surface area (Å²) in [6.45, 7) is 2.61. The van der Waals surface area contributed by atoms with Gasteiger partial charge in [-0.05, 0) is 30.0 Å². The van der Waals surface area contributed by atoms with Crippen molar-refractivity contribution in [2.45, 2.75) is 26.3 Å². The molecule has 2 heterocycles. The first-order valence-corrected chi connectivity index (χ1v) is 7.39. The molecule has 4 N–H and O–H groups in total. The van der Waals surface area contributed by atoms with Gasteiger partial charge in [0.25, 0.3) is 5.91 Å². The van der Waals surface area contributed by atoms with E-state index in [9.17, 15) is 4.79 Å². The maximum atomic E-state index is 12.2. The van der Waals surface area contributed by atoms with E-state index in [1.165, 1.54) is 0 Å². The number of nitrogen functional groups attached to an aromatic ring is 1. The van der Waals surface area contributed by atoms with Crippen molar-refractivity contribution >= 4 is 23.1 Å². The zero-order chi connectivity index (χ0) is 14.4. The molecule has 0 unspecified atom stereocenters. The van der Waals surface area contributed by atoms with Crippen LogP contribution in [0.2, 0.25) is 0 Å². The summed E-state index contributed by atoms with van der Waals surface area (Å²) in [5.41, 5.74) is 3.94. The first-order chi connectivity index (χ1) is 9.72. The molecule has 0 saturated carbocycles. The number of carbonyl (C=O) groups is 1. The highest BCUT2D eigenvalue weighted by molar-refractivity contribution is 7.09. The van der Waals surface area contributed by atoms with Crippen LogP contribution in [0.25, 0.3) is 0 Å². The predicted octanol–water partition coefficient (Wildman–Crippen LogP) is 2.31. The minimum Gasteiger partial charge on any atom is -0.347 e. The molecule has 0 radical (unpaired) electrons. The normalized spacial score (nSPS) is 10.3. The van der Waals surface area contributed by atoms with E-state index in [2.05, 4.69) is 22.7 Å². The van der Waals surface area contributed by atoms with Crippen molar-refractivity contribution in [3.05, 3.63) is 45.8 Å². The SMILES string of the molecule is CCCc1cc(C(=O)NCc2cccs2)cc(NN)n1. The van der Waals surface area contributed by atoms with E-state index in [0.29, 0.717) is 17.9 Å². The van der Waals surface area contributed by atoms with Crippen molar-refractivity contribution in [1.82, 2.24) is 10.3 Å². The molecule has 2 aromatic rings. The van der Waals surface area contributed by atoms with Crippen LogP contribution in [0.1, 0.15) is 34.3 Å². The summed E-state index contributed by atoms with van der Waals surface area (Å²) < 4.78 is 0. The molecule has 5 nitrogen and oxygen atoms in total. The number of anilines is 1. The van der Waals surface area contributed by atoms with Crippen LogP contribution in [-0.4, -0.2) is 10.9 Å². The van der Waals surface area contributed by atoms with Gasteiger partial charge in [0.05, 0.1) is 6.54 Å². The molecule has 2 rings (SSSR count). The maximum absolute atomic E-state index is 12.2. The number of amides is 1. The summed E-state index contributed by atoms with van der Waals surface area (Å²) >= 11 is 1.62. The molecule has 6 heteroatoms. The van der Waals surface area contributed by atoms with E-state index in [0.717, 1.165) is 23.4 Å². The molecule has 20 heavy (non-hydrogen) atoms. The number of nitrogens with zero attached hydrogens (tertiary/aromatic N) is 1. The van der Waals surface area contributed by atoms with E-state index in [4.69, 9.17) is 5.84 Å². The zero-order valence-corrected chi connectivity index (χ0v) is 12.2. The van der Waals surface area contributed by atoms with Crippen molar-refractivity contribution in [2.24, 2.45) is 5.84 Å². The van der Waals surface area contributed by atoms with Crippen LogP contribution in [0.4, 0.5) is 5.82 Å². The van der Waals surface area contributed by atoms with Gasteiger partial charge in [-0.25, -0.2) is 10.8 Å². The Hall–Kier alpha value is -1.92. The molecule has 1 amide bonds. The fourth-order valence-electron chi connectivity index (χ4n) is 1.86. The third kappa shape index (κ3) is 3.79. The lowest BCUT2D eigenvalue weighted by atomic mass is 10.1. The van der Waals surface area contributed by atoms with Crippen LogP contribution < -0.4 is 16.6 Å².